The van der Waals surface area contributed by atoms with Gasteiger partial charge in [-0.2, -0.15) is 0 Å². The highest BCUT2D eigenvalue weighted by Crippen LogP contribution is 2.39. The van der Waals surface area contributed by atoms with Crippen LogP contribution in [0.2, 0.25) is 0 Å². The van der Waals surface area contributed by atoms with E-state index in [0.717, 1.165) is 16.7 Å². The van der Waals surface area contributed by atoms with E-state index in [2.05, 4.69) is 5.32 Å². The number of rotatable bonds is 8. The van der Waals surface area contributed by atoms with Crippen LogP contribution in [-0.2, 0) is 11.3 Å². The third-order valence-corrected chi connectivity index (χ3v) is 4.47. The summed E-state index contributed by atoms with van der Waals surface area (Å²) in [5.74, 6) is 2.08. The summed E-state index contributed by atoms with van der Waals surface area (Å²) in [6, 6.07) is 9.39. The second kappa shape index (κ2) is 9.16. The van der Waals surface area contributed by atoms with Gasteiger partial charge >= 0.3 is 0 Å². The van der Waals surface area contributed by atoms with E-state index >= 15 is 0 Å². The Morgan fingerprint density at radius 2 is 1.67 bits per heavy atom. The van der Waals surface area contributed by atoms with Crippen molar-refractivity contribution in [2.45, 2.75) is 33.4 Å². The Kier molecular flexibility index (Phi) is 6.93. The molecular weight excluding hydrogens is 346 g/mol. The van der Waals surface area contributed by atoms with Crippen LogP contribution in [0.3, 0.4) is 0 Å². The van der Waals surface area contributed by atoms with Gasteiger partial charge in [-0.3, -0.25) is 4.79 Å². The van der Waals surface area contributed by atoms with Crippen molar-refractivity contribution in [1.29, 1.82) is 0 Å². The Morgan fingerprint density at radius 3 is 2.30 bits per heavy atom. The number of carbonyl (C=O) groups excluding carboxylic acids is 1. The maximum Gasteiger partial charge on any atom is 0.261 e. The van der Waals surface area contributed by atoms with Crippen molar-refractivity contribution in [1.82, 2.24) is 5.32 Å². The summed E-state index contributed by atoms with van der Waals surface area (Å²) in [7, 11) is 4.66. The molecule has 0 saturated heterocycles. The van der Waals surface area contributed by atoms with Crippen LogP contribution in [0.25, 0.3) is 0 Å². The molecule has 1 atom stereocenters. The molecule has 27 heavy (non-hydrogen) atoms. The molecule has 1 N–H and O–H groups in total. The summed E-state index contributed by atoms with van der Waals surface area (Å²) in [6.45, 7) is 5.99. The van der Waals surface area contributed by atoms with Crippen LogP contribution in [-0.4, -0.2) is 33.3 Å². The van der Waals surface area contributed by atoms with E-state index in [0.29, 0.717) is 23.0 Å². The lowest BCUT2D eigenvalue weighted by Crippen LogP contribution is -2.36. The molecule has 0 aliphatic heterocycles. The largest absolute Gasteiger partial charge is 0.493 e. The summed E-state index contributed by atoms with van der Waals surface area (Å²) >= 11 is 0. The maximum absolute atomic E-state index is 12.5. The molecule has 0 aliphatic rings. The van der Waals surface area contributed by atoms with Crippen molar-refractivity contribution in [2.24, 2.45) is 0 Å². The molecule has 6 heteroatoms. The fourth-order valence-corrected chi connectivity index (χ4v) is 2.72. The summed E-state index contributed by atoms with van der Waals surface area (Å²) in [5.41, 5.74) is 2.93. The summed E-state index contributed by atoms with van der Waals surface area (Å²) in [5, 5.41) is 2.88. The average Bonchev–Trinajstić information content (AvgIpc) is 2.68. The van der Waals surface area contributed by atoms with Crippen molar-refractivity contribution in [2.75, 3.05) is 21.3 Å². The summed E-state index contributed by atoms with van der Waals surface area (Å²) in [6.07, 6.45) is -0.628. The average molecular weight is 373 g/mol. The molecule has 0 heterocycles. The Bertz CT molecular complexity index is 803. The lowest BCUT2D eigenvalue weighted by Gasteiger charge is -2.19. The lowest BCUT2D eigenvalue weighted by atomic mass is 10.1. The van der Waals surface area contributed by atoms with Crippen LogP contribution in [0.15, 0.2) is 30.3 Å². The highest BCUT2D eigenvalue weighted by molar-refractivity contribution is 5.80. The minimum absolute atomic E-state index is 0.215. The molecule has 2 aromatic carbocycles. The van der Waals surface area contributed by atoms with Gasteiger partial charge in [0, 0.05) is 12.1 Å². The molecule has 6 nitrogen and oxygen atoms in total. The molecule has 0 bridgehead atoms. The molecule has 0 fully saturated rings. The predicted octanol–water partition coefficient (Wildman–Crippen LogP) is 3.41. The zero-order valence-electron chi connectivity index (χ0n) is 16.7. The number of benzene rings is 2. The standard InChI is InChI=1S/C21H27NO5/c1-13-8-7-9-17(14(13)2)27-15(3)21(23)22-12-16-10-11-18(24-4)20(26-6)19(16)25-5/h7-11,15H,12H2,1-6H3,(H,22,23)/t15-/m0/s1. The monoisotopic (exact) mass is 373 g/mol. The molecule has 0 unspecified atom stereocenters. The molecule has 0 radical (unpaired) electrons. The van der Waals surface area contributed by atoms with E-state index in [1.54, 1.807) is 34.3 Å². The van der Waals surface area contributed by atoms with Crippen molar-refractivity contribution in [3.63, 3.8) is 0 Å². The van der Waals surface area contributed by atoms with Gasteiger partial charge in [0.1, 0.15) is 5.75 Å². The Labute approximate surface area is 160 Å². The van der Waals surface area contributed by atoms with E-state index in [-0.39, 0.29) is 12.5 Å². The first-order valence-corrected chi connectivity index (χ1v) is 8.71. The highest BCUT2D eigenvalue weighted by Gasteiger charge is 2.19. The van der Waals surface area contributed by atoms with Gasteiger partial charge in [0.25, 0.3) is 5.91 Å². The predicted molar refractivity (Wildman–Crippen MR) is 104 cm³/mol. The molecule has 0 aliphatic carbocycles. The van der Waals surface area contributed by atoms with Gasteiger partial charge < -0.3 is 24.3 Å². The molecule has 0 aromatic heterocycles. The number of nitrogens with one attached hydrogen (secondary N) is 1. The Hall–Kier alpha value is -2.89. The normalized spacial score (nSPS) is 11.5. The quantitative estimate of drug-likeness (QED) is 0.768. The fraction of sp³-hybridized carbons (Fsp3) is 0.381. The van der Waals surface area contributed by atoms with Crippen LogP contribution in [0, 0.1) is 13.8 Å². The topological polar surface area (TPSA) is 66.0 Å². The summed E-state index contributed by atoms with van der Waals surface area (Å²) < 4.78 is 21.9. The van der Waals surface area contributed by atoms with E-state index in [1.807, 2.05) is 38.1 Å². The number of carbonyl (C=O) groups is 1. The van der Waals surface area contributed by atoms with E-state index in [4.69, 9.17) is 18.9 Å². The molecule has 146 valence electrons. The van der Waals surface area contributed by atoms with Crippen LogP contribution < -0.4 is 24.3 Å². The van der Waals surface area contributed by atoms with E-state index in [9.17, 15) is 4.79 Å². The highest BCUT2D eigenvalue weighted by atomic mass is 16.5. The third-order valence-electron chi connectivity index (χ3n) is 4.47. The van der Waals surface area contributed by atoms with Crippen molar-refractivity contribution in [3.8, 4) is 23.0 Å². The first-order valence-electron chi connectivity index (χ1n) is 8.71. The third kappa shape index (κ3) is 4.64. The van der Waals surface area contributed by atoms with Crippen LogP contribution in [0.1, 0.15) is 23.6 Å². The van der Waals surface area contributed by atoms with Gasteiger partial charge in [-0.05, 0) is 50.1 Å². The number of ether oxygens (including phenoxy) is 4. The number of amides is 1. The Morgan fingerprint density at radius 1 is 0.963 bits per heavy atom. The zero-order valence-corrected chi connectivity index (χ0v) is 16.7. The first kappa shape index (κ1) is 20.4. The minimum Gasteiger partial charge on any atom is -0.493 e. The fourth-order valence-electron chi connectivity index (χ4n) is 2.72. The number of hydrogen-bond acceptors (Lipinski definition) is 5. The van der Waals surface area contributed by atoms with E-state index in [1.165, 1.54) is 0 Å². The lowest BCUT2D eigenvalue weighted by molar-refractivity contribution is -0.127. The van der Waals surface area contributed by atoms with Crippen molar-refractivity contribution >= 4 is 5.91 Å². The maximum atomic E-state index is 12.5. The van der Waals surface area contributed by atoms with Crippen molar-refractivity contribution in [3.05, 3.63) is 47.0 Å². The van der Waals surface area contributed by atoms with Crippen molar-refractivity contribution < 1.29 is 23.7 Å². The molecule has 2 rings (SSSR count). The second-order valence-electron chi connectivity index (χ2n) is 6.17. The first-order chi connectivity index (χ1) is 12.9. The molecule has 2 aromatic rings. The smallest absolute Gasteiger partial charge is 0.261 e. The Balaban J connectivity index is 2.07. The van der Waals surface area contributed by atoms with Gasteiger partial charge in [0.2, 0.25) is 5.75 Å². The summed E-state index contributed by atoms with van der Waals surface area (Å²) in [4.78, 5) is 12.5. The van der Waals surface area contributed by atoms with Gasteiger partial charge in [-0.15, -0.1) is 0 Å². The minimum atomic E-state index is -0.628. The van der Waals surface area contributed by atoms with Gasteiger partial charge in [-0.1, -0.05) is 12.1 Å². The number of aryl methyl sites for hydroxylation is 1. The molecule has 1 amide bonds. The van der Waals surface area contributed by atoms with Crippen LogP contribution in [0.4, 0.5) is 0 Å². The number of hydrogen-bond donors (Lipinski definition) is 1. The van der Waals surface area contributed by atoms with Gasteiger partial charge in [-0.25, -0.2) is 0 Å². The van der Waals surface area contributed by atoms with E-state index < -0.39 is 6.10 Å². The van der Waals surface area contributed by atoms with Crippen LogP contribution in [0.5, 0.6) is 23.0 Å². The molecule has 0 spiro atoms. The van der Waals surface area contributed by atoms with Gasteiger partial charge in [0.05, 0.1) is 21.3 Å². The number of methoxy groups -OCH3 is 3. The van der Waals surface area contributed by atoms with Gasteiger partial charge in [0.15, 0.2) is 17.6 Å². The molecular formula is C21H27NO5. The zero-order chi connectivity index (χ0) is 20.0. The SMILES string of the molecule is COc1ccc(CNC(=O)[C@H](C)Oc2cccc(C)c2C)c(OC)c1OC. The van der Waals surface area contributed by atoms with Crippen LogP contribution >= 0.6 is 0 Å². The molecule has 0 saturated carbocycles. The second-order valence-corrected chi connectivity index (χ2v) is 6.17.